The number of aromatic carboxylic acids is 1. The maximum absolute atomic E-state index is 11.1. The quantitative estimate of drug-likeness (QED) is 0.619. The lowest BCUT2D eigenvalue weighted by Gasteiger charge is -2.06. The fourth-order valence-corrected chi connectivity index (χ4v) is 3.35. The maximum atomic E-state index is 11.1. The van der Waals surface area contributed by atoms with Crippen LogP contribution in [0.1, 0.15) is 21.9 Å². The lowest BCUT2D eigenvalue weighted by Crippen LogP contribution is -2.09. The predicted octanol–water partition coefficient (Wildman–Crippen LogP) is 3.31. The molecule has 7 heteroatoms. The molecule has 4 heterocycles. The molecule has 4 rings (SSSR count). The minimum atomic E-state index is -1.02. The van der Waals surface area contributed by atoms with Gasteiger partial charge in [0.2, 0.25) is 0 Å². The molecule has 4 aromatic heterocycles. The van der Waals surface area contributed by atoms with E-state index >= 15 is 0 Å². The number of thiophene rings is 1. The Hall–Kier alpha value is -2.93. The van der Waals surface area contributed by atoms with Crippen LogP contribution in [-0.4, -0.2) is 30.5 Å². The molecule has 24 heavy (non-hydrogen) atoms. The number of carbonyl (C=O) groups is 1. The van der Waals surface area contributed by atoms with E-state index in [1.807, 2.05) is 53.2 Å². The van der Waals surface area contributed by atoms with E-state index in [4.69, 9.17) is 10.2 Å². The SMILES string of the molecule is Cc1cc(C(=O)O)nn1Cc1cccc2cc(-c3cccs3)nn12. The number of carboxylic acid groups (broad SMARTS) is 1. The van der Waals surface area contributed by atoms with Crippen LogP contribution in [0.4, 0.5) is 0 Å². The molecule has 0 atom stereocenters. The molecule has 4 aromatic rings. The number of nitrogens with zero attached hydrogens (tertiary/aromatic N) is 4. The van der Waals surface area contributed by atoms with Gasteiger partial charge in [-0.25, -0.2) is 9.31 Å². The first kappa shape index (κ1) is 14.6. The Labute approximate surface area is 141 Å². The summed E-state index contributed by atoms with van der Waals surface area (Å²) in [5.74, 6) is -1.02. The molecule has 0 saturated carbocycles. The molecule has 0 aromatic carbocycles. The fraction of sp³-hybridized carbons (Fsp3) is 0.118. The maximum Gasteiger partial charge on any atom is 0.356 e. The van der Waals surface area contributed by atoms with E-state index in [2.05, 4.69) is 5.10 Å². The molecule has 0 aliphatic carbocycles. The average molecular weight is 338 g/mol. The van der Waals surface area contributed by atoms with Gasteiger partial charge < -0.3 is 5.11 Å². The Kier molecular flexibility index (Phi) is 3.42. The lowest BCUT2D eigenvalue weighted by molar-refractivity contribution is 0.0689. The van der Waals surface area contributed by atoms with E-state index in [9.17, 15) is 4.79 Å². The Bertz CT molecular complexity index is 1030. The van der Waals surface area contributed by atoms with Gasteiger partial charge in [0, 0.05) is 5.69 Å². The third kappa shape index (κ3) is 2.48. The van der Waals surface area contributed by atoms with Crippen molar-refractivity contribution >= 4 is 22.8 Å². The second kappa shape index (κ2) is 5.61. The number of fused-ring (bicyclic) bond motifs is 1. The zero-order valence-electron chi connectivity index (χ0n) is 12.9. The van der Waals surface area contributed by atoms with Crippen LogP contribution in [-0.2, 0) is 6.54 Å². The molecule has 120 valence electrons. The third-order valence-electron chi connectivity index (χ3n) is 3.85. The standard InChI is InChI=1S/C17H14N4O2S/c1-11-8-15(17(22)23)18-20(11)10-13-5-2-4-12-9-14(19-21(12)13)16-6-3-7-24-16/h2-9H,10H2,1H3,(H,22,23). The highest BCUT2D eigenvalue weighted by Crippen LogP contribution is 2.25. The topological polar surface area (TPSA) is 72.4 Å². The summed E-state index contributed by atoms with van der Waals surface area (Å²) in [6, 6.07) is 13.6. The van der Waals surface area contributed by atoms with E-state index in [1.54, 1.807) is 22.1 Å². The van der Waals surface area contributed by atoms with Crippen molar-refractivity contribution < 1.29 is 9.90 Å². The van der Waals surface area contributed by atoms with Crippen LogP contribution in [0.3, 0.4) is 0 Å². The first-order valence-corrected chi connectivity index (χ1v) is 8.29. The summed E-state index contributed by atoms with van der Waals surface area (Å²) in [4.78, 5) is 12.2. The summed E-state index contributed by atoms with van der Waals surface area (Å²) < 4.78 is 3.57. The summed E-state index contributed by atoms with van der Waals surface area (Å²) in [5, 5.41) is 19.9. The predicted molar refractivity (Wildman–Crippen MR) is 91.5 cm³/mol. The van der Waals surface area contributed by atoms with Crippen molar-refractivity contribution in [3.63, 3.8) is 0 Å². The Morgan fingerprint density at radius 2 is 2.08 bits per heavy atom. The first-order valence-electron chi connectivity index (χ1n) is 7.41. The molecule has 0 spiro atoms. The summed E-state index contributed by atoms with van der Waals surface area (Å²) in [5.41, 5.74) is 3.73. The molecule has 0 saturated heterocycles. The van der Waals surface area contributed by atoms with E-state index in [1.165, 1.54) is 0 Å². The number of aromatic nitrogens is 4. The van der Waals surface area contributed by atoms with Gasteiger partial charge in [0.1, 0.15) is 5.69 Å². The molecule has 0 bridgehead atoms. The number of hydrogen-bond acceptors (Lipinski definition) is 4. The van der Waals surface area contributed by atoms with E-state index in [-0.39, 0.29) is 5.69 Å². The second-order valence-electron chi connectivity index (χ2n) is 5.49. The second-order valence-corrected chi connectivity index (χ2v) is 6.44. The van der Waals surface area contributed by atoms with E-state index < -0.39 is 5.97 Å². The highest BCUT2D eigenvalue weighted by Gasteiger charge is 2.13. The molecule has 0 unspecified atom stereocenters. The van der Waals surface area contributed by atoms with Crippen LogP contribution >= 0.6 is 11.3 Å². The smallest absolute Gasteiger partial charge is 0.356 e. The number of pyridine rings is 1. The van der Waals surface area contributed by atoms with Gasteiger partial charge in [-0.3, -0.25) is 4.68 Å². The van der Waals surface area contributed by atoms with Crippen LogP contribution in [0.2, 0.25) is 0 Å². The van der Waals surface area contributed by atoms with Crippen molar-refractivity contribution in [1.82, 2.24) is 19.4 Å². The average Bonchev–Trinajstić information content (AvgIpc) is 3.26. The molecule has 6 nitrogen and oxygen atoms in total. The van der Waals surface area contributed by atoms with Crippen LogP contribution in [0.25, 0.3) is 16.1 Å². The number of rotatable bonds is 4. The summed E-state index contributed by atoms with van der Waals surface area (Å²) in [7, 11) is 0. The Morgan fingerprint density at radius 3 is 2.79 bits per heavy atom. The fourth-order valence-electron chi connectivity index (χ4n) is 2.67. The van der Waals surface area contributed by atoms with Gasteiger partial charge in [0.25, 0.3) is 0 Å². The largest absolute Gasteiger partial charge is 0.476 e. The number of hydrogen-bond donors (Lipinski definition) is 1. The summed E-state index contributed by atoms with van der Waals surface area (Å²) >= 11 is 1.65. The highest BCUT2D eigenvalue weighted by atomic mass is 32.1. The van der Waals surface area contributed by atoms with E-state index in [0.29, 0.717) is 6.54 Å². The summed E-state index contributed by atoms with van der Waals surface area (Å²) in [6.45, 7) is 2.31. The minimum absolute atomic E-state index is 0.0550. The third-order valence-corrected chi connectivity index (χ3v) is 4.74. The minimum Gasteiger partial charge on any atom is -0.476 e. The van der Waals surface area contributed by atoms with Crippen molar-refractivity contribution in [3.8, 4) is 10.6 Å². The van der Waals surface area contributed by atoms with Gasteiger partial charge >= 0.3 is 5.97 Å². The van der Waals surface area contributed by atoms with Gasteiger partial charge in [-0.2, -0.15) is 10.2 Å². The molecule has 0 fully saturated rings. The van der Waals surface area contributed by atoms with Crippen LogP contribution < -0.4 is 0 Å². The monoisotopic (exact) mass is 338 g/mol. The van der Waals surface area contributed by atoms with Gasteiger partial charge in [-0.15, -0.1) is 11.3 Å². The van der Waals surface area contributed by atoms with Crippen LogP contribution in [0.5, 0.6) is 0 Å². The zero-order chi connectivity index (χ0) is 16.7. The van der Waals surface area contributed by atoms with Gasteiger partial charge in [-0.05, 0) is 42.6 Å². The molecular weight excluding hydrogens is 324 g/mol. The molecule has 0 radical (unpaired) electrons. The molecule has 1 N–H and O–H groups in total. The lowest BCUT2D eigenvalue weighted by atomic mass is 10.3. The summed E-state index contributed by atoms with van der Waals surface area (Å²) in [6.07, 6.45) is 0. The van der Waals surface area contributed by atoms with E-state index in [0.717, 1.165) is 27.5 Å². The molecule has 0 aliphatic heterocycles. The van der Waals surface area contributed by atoms with Gasteiger partial charge in [0.15, 0.2) is 5.69 Å². The van der Waals surface area contributed by atoms with Crippen LogP contribution in [0, 0.1) is 6.92 Å². The first-order chi connectivity index (χ1) is 11.6. The van der Waals surface area contributed by atoms with Gasteiger partial charge in [0.05, 0.1) is 22.6 Å². The molecule has 0 aliphatic rings. The van der Waals surface area contributed by atoms with Crippen molar-refractivity contribution in [3.05, 3.63) is 64.9 Å². The zero-order valence-corrected chi connectivity index (χ0v) is 13.7. The number of carboxylic acids is 1. The highest BCUT2D eigenvalue weighted by molar-refractivity contribution is 7.13. The molecular formula is C17H14N4O2S. The van der Waals surface area contributed by atoms with Crippen molar-refractivity contribution in [2.24, 2.45) is 0 Å². The van der Waals surface area contributed by atoms with Crippen LogP contribution in [0.15, 0.2) is 47.8 Å². The van der Waals surface area contributed by atoms with Crippen molar-refractivity contribution in [2.75, 3.05) is 0 Å². The molecule has 0 amide bonds. The Balaban J connectivity index is 1.75. The normalized spacial score (nSPS) is 11.2. The number of aryl methyl sites for hydroxylation is 1. The van der Waals surface area contributed by atoms with Crippen molar-refractivity contribution in [1.29, 1.82) is 0 Å². The Morgan fingerprint density at radius 1 is 1.21 bits per heavy atom. The van der Waals surface area contributed by atoms with Gasteiger partial charge in [-0.1, -0.05) is 12.1 Å². The van der Waals surface area contributed by atoms with Crippen molar-refractivity contribution in [2.45, 2.75) is 13.5 Å².